The minimum absolute atomic E-state index is 0.0816. The Labute approximate surface area is 160 Å². The van der Waals surface area contributed by atoms with Gasteiger partial charge >= 0.3 is 0 Å². The van der Waals surface area contributed by atoms with Gasteiger partial charge in [0.2, 0.25) is 5.91 Å². The molecule has 142 valence electrons. The summed E-state index contributed by atoms with van der Waals surface area (Å²) < 4.78 is 5.85. The van der Waals surface area contributed by atoms with E-state index in [9.17, 15) is 9.59 Å². The van der Waals surface area contributed by atoms with Crippen molar-refractivity contribution in [3.05, 3.63) is 59.2 Å². The average molecular weight is 366 g/mol. The molecule has 3 rings (SSSR count). The maximum absolute atomic E-state index is 12.8. The van der Waals surface area contributed by atoms with Crippen LogP contribution in [0.2, 0.25) is 0 Å². The first-order valence-corrected chi connectivity index (χ1v) is 9.20. The maximum atomic E-state index is 12.8. The van der Waals surface area contributed by atoms with Gasteiger partial charge in [0.25, 0.3) is 5.91 Å². The van der Waals surface area contributed by atoms with Gasteiger partial charge < -0.3 is 15.0 Å². The standard InChI is InChI=1S/C22H26N2O3/c1-15-5-8-17(9-6-15)14-23-20(25)11-12-24-18-13-16(2)7-10-19(18)27-22(3,4)21(24)26/h5-10,13H,11-12,14H2,1-4H3,(H,23,25). The van der Waals surface area contributed by atoms with Crippen LogP contribution in [0.4, 0.5) is 5.69 Å². The number of hydrogen-bond acceptors (Lipinski definition) is 3. The summed E-state index contributed by atoms with van der Waals surface area (Å²) in [6, 6.07) is 13.8. The van der Waals surface area contributed by atoms with Crippen molar-refractivity contribution in [2.24, 2.45) is 0 Å². The van der Waals surface area contributed by atoms with Gasteiger partial charge in [-0.25, -0.2) is 0 Å². The van der Waals surface area contributed by atoms with E-state index in [1.54, 1.807) is 18.7 Å². The molecule has 0 aromatic heterocycles. The number of rotatable bonds is 5. The predicted octanol–water partition coefficient (Wildman–Crippen LogP) is 3.51. The summed E-state index contributed by atoms with van der Waals surface area (Å²) in [5, 5.41) is 2.92. The van der Waals surface area contributed by atoms with Crippen molar-refractivity contribution in [1.29, 1.82) is 0 Å². The minimum Gasteiger partial charge on any atom is -0.476 e. The second-order valence-electron chi connectivity index (χ2n) is 7.55. The van der Waals surface area contributed by atoms with Crippen LogP contribution in [-0.4, -0.2) is 24.0 Å². The largest absolute Gasteiger partial charge is 0.476 e. The molecule has 2 amide bonds. The van der Waals surface area contributed by atoms with Gasteiger partial charge in [0.15, 0.2) is 5.60 Å². The van der Waals surface area contributed by atoms with E-state index in [2.05, 4.69) is 5.32 Å². The molecule has 27 heavy (non-hydrogen) atoms. The average Bonchev–Trinajstić information content (AvgIpc) is 2.62. The number of benzene rings is 2. The summed E-state index contributed by atoms with van der Waals surface area (Å²) in [6.45, 7) is 8.31. The van der Waals surface area contributed by atoms with Crippen LogP contribution in [0, 0.1) is 13.8 Å². The number of carbonyl (C=O) groups excluding carboxylic acids is 2. The summed E-state index contributed by atoms with van der Waals surface area (Å²) in [4.78, 5) is 26.8. The molecule has 0 saturated carbocycles. The van der Waals surface area contributed by atoms with Crippen LogP contribution in [0.1, 0.15) is 37.0 Å². The van der Waals surface area contributed by atoms with Gasteiger partial charge in [-0.2, -0.15) is 0 Å². The number of nitrogens with zero attached hydrogens (tertiary/aromatic N) is 1. The number of nitrogens with one attached hydrogen (secondary N) is 1. The smallest absolute Gasteiger partial charge is 0.270 e. The molecule has 1 heterocycles. The van der Waals surface area contributed by atoms with Crippen LogP contribution < -0.4 is 15.0 Å². The van der Waals surface area contributed by atoms with Gasteiger partial charge in [-0.05, 0) is 51.0 Å². The molecule has 0 fully saturated rings. The molecule has 0 aliphatic carbocycles. The van der Waals surface area contributed by atoms with E-state index in [1.807, 2.05) is 56.3 Å². The van der Waals surface area contributed by atoms with Crippen molar-refractivity contribution >= 4 is 17.5 Å². The van der Waals surface area contributed by atoms with E-state index in [0.717, 1.165) is 16.8 Å². The Balaban J connectivity index is 1.65. The minimum atomic E-state index is -0.944. The van der Waals surface area contributed by atoms with Crippen molar-refractivity contribution in [1.82, 2.24) is 5.32 Å². The fourth-order valence-electron chi connectivity index (χ4n) is 3.11. The van der Waals surface area contributed by atoms with Crippen molar-refractivity contribution in [3.63, 3.8) is 0 Å². The highest BCUT2D eigenvalue weighted by atomic mass is 16.5. The second-order valence-corrected chi connectivity index (χ2v) is 7.55. The Kier molecular flexibility index (Phi) is 5.22. The van der Waals surface area contributed by atoms with Crippen LogP contribution in [-0.2, 0) is 16.1 Å². The molecule has 1 N–H and O–H groups in total. The Morgan fingerprint density at radius 2 is 1.74 bits per heavy atom. The summed E-state index contributed by atoms with van der Waals surface area (Å²) >= 11 is 0. The summed E-state index contributed by atoms with van der Waals surface area (Å²) in [6.07, 6.45) is 0.237. The third kappa shape index (κ3) is 4.30. The number of aryl methyl sites for hydroxylation is 2. The Morgan fingerprint density at radius 1 is 1.07 bits per heavy atom. The van der Waals surface area contributed by atoms with Crippen LogP contribution in [0.5, 0.6) is 5.75 Å². The van der Waals surface area contributed by atoms with Crippen LogP contribution in [0.15, 0.2) is 42.5 Å². The van der Waals surface area contributed by atoms with E-state index in [0.29, 0.717) is 18.8 Å². The molecule has 1 aliphatic rings. The number of ether oxygens (including phenoxy) is 1. The zero-order valence-corrected chi connectivity index (χ0v) is 16.3. The monoisotopic (exact) mass is 366 g/mol. The van der Waals surface area contributed by atoms with Gasteiger partial charge in [-0.1, -0.05) is 35.9 Å². The van der Waals surface area contributed by atoms with Crippen LogP contribution >= 0.6 is 0 Å². The fraction of sp³-hybridized carbons (Fsp3) is 0.364. The molecule has 2 aromatic carbocycles. The van der Waals surface area contributed by atoms with Crippen molar-refractivity contribution in [3.8, 4) is 5.75 Å². The fourth-order valence-corrected chi connectivity index (χ4v) is 3.11. The molecule has 0 atom stereocenters. The number of anilines is 1. The van der Waals surface area contributed by atoms with E-state index >= 15 is 0 Å². The molecule has 0 saturated heterocycles. The first-order chi connectivity index (χ1) is 12.8. The lowest BCUT2D eigenvalue weighted by atomic mass is 10.0. The normalized spacial score (nSPS) is 15.1. The Morgan fingerprint density at radius 3 is 2.44 bits per heavy atom. The molecule has 1 aliphatic heterocycles. The van der Waals surface area contributed by atoms with Gasteiger partial charge in [-0.15, -0.1) is 0 Å². The third-order valence-electron chi connectivity index (χ3n) is 4.70. The molecule has 0 radical (unpaired) electrons. The number of amides is 2. The van der Waals surface area contributed by atoms with Crippen molar-refractivity contribution in [2.75, 3.05) is 11.4 Å². The van der Waals surface area contributed by atoms with E-state index < -0.39 is 5.60 Å². The molecular formula is C22H26N2O3. The quantitative estimate of drug-likeness (QED) is 0.881. The van der Waals surface area contributed by atoms with E-state index in [1.165, 1.54) is 5.56 Å². The highest BCUT2D eigenvalue weighted by Crippen LogP contribution is 2.38. The molecule has 5 nitrogen and oxygen atoms in total. The molecule has 0 unspecified atom stereocenters. The lowest BCUT2D eigenvalue weighted by molar-refractivity contribution is -0.132. The summed E-state index contributed by atoms with van der Waals surface area (Å²) in [7, 11) is 0. The number of carbonyl (C=O) groups is 2. The lowest BCUT2D eigenvalue weighted by Gasteiger charge is -2.38. The molecule has 0 spiro atoms. The van der Waals surface area contributed by atoms with Gasteiger partial charge in [-0.3, -0.25) is 9.59 Å². The molecular weight excluding hydrogens is 340 g/mol. The van der Waals surface area contributed by atoms with E-state index in [-0.39, 0.29) is 18.2 Å². The van der Waals surface area contributed by atoms with Gasteiger partial charge in [0, 0.05) is 19.5 Å². The zero-order valence-electron chi connectivity index (χ0n) is 16.3. The van der Waals surface area contributed by atoms with Crippen molar-refractivity contribution < 1.29 is 14.3 Å². The third-order valence-corrected chi connectivity index (χ3v) is 4.70. The van der Waals surface area contributed by atoms with Crippen LogP contribution in [0.25, 0.3) is 0 Å². The molecule has 0 bridgehead atoms. The first kappa shape index (κ1) is 19.0. The zero-order chi connectivity index (χ0) is 19.6. The summed E-state index contributed by atoms with van der Waals surface area (Å²) in [5.41, 5.74) is 3.07. The molecule has 2 aromatic rings. The predicted molar refractivity (Wildman–Crippen MR) is 106 cm³/mol. The highest BCUT2D eigenvalue weighted by Gasteiger charge is 2.40. The highest BCUT2D eigenvalue weighted by molar-refractivity contribution is 6.02. The topological polar surface area (TPSA) is 58.6 Å². The lowest BCUT2D eigenvalue weighted by Crippen LogP contribution is -2.53. The Bertz CT molecular complexity index is 856. The first-order valence-electron chi connectivity index (χ1n) is 9.20. The number of fused-ring (bicyclic) bond motifs is 1. The summed E-state index contributed by atoms with van der Waals surface area (Å²) in [5.74, 6) is 0.457. The van der Waals surface area contributed by atoms with Gasteiger partial charge in [0.05, 0.1) is 5.69 Å². The van der Waals surface area contributed by atoms with E-state index in [4.69, 9.17) is 4.74 Å². The number of hydrogen-bond donors (Lipinski definition) is 1. The SMILES string of the molecule is Cc1ccc(CNC(=O)CCN2C(=O)C(C)(C)Oc3ccc(C)cc32)cc1. The molecule has 5 heteroatoms. The van der Waals surface area contributed by atoms with Gasteiger partial charge in [0.1, 0.15) is 5.75 Å². The maximum Gasteiger partial charge on any atom is 0.270 e. The van der Waals surface area contributed by atoms with Crippen molar-refractivity contribution in [2.45, 2.75) is 46.3 Å². The second kappa shape index (κ2) is 7.43. The Hall–Kier alpha value is -2.82. The van der Waals surface area contributed by atoms with Crippen LogP contribution in [0.3, 0.4) is 0 Å².